The summed E-state index contributed by atoms with van der Waals surface area (Å²) in [6.45, 7) is 6.17. The molecule has 128 valence electrons. The lowest BCUT2D eigenvalue weighted by Crippen LogP contribution is -2.35. The number of aryl methyl sites for hydroxylation is 2. The minimum Gasteiger partial charge on any atom is -0.448 e. The molecule has 0 spiro atoms. The number of likely N-dealkylation sites (N-methyl/N-ethyl adjacent to an activating group) is 1. The molecule has 24 heavy (non-hydrogen) atoms. The summed E-state index contributed by atoms with van der Waals surface area (Å²) in [5.41, 5.74) is 0.472. The molecule has 1 amide bonds. The number of fused-ring (bicyclic) bond motifs is 2. The Balaban J connectivity index is 1.95. The fourth-order valence-corrected chi connectivity index (χ4v) is 3.93. The summed E-state index contributed by atoms with van der Waals surface area (Å²) in [5.74, 6) is -0.176. The van der Waals surface area contributed by atoms with Crippen LogP contribution in [0.25, 0.3) is 10.2 Å². The monoisotopic (exact) mass is 349 g/mol. The van der Waals surface area contributed by atoms with Crippen LogP contribution >= 0.6 is 11.3 Å². The van der Waals surface area contributed by atoms with Crippen molar-refractivity contribution in [2.45, 2.75) is 46.3 Å². The average molecular weight is 349 g/mol. The van der Waals surface area contributed by atoms with Crippen LogP contribution in [0.2, 0.25) is 0 Å². The van der Waals surface area contributed by atoms with E-state index in [1.807, 2.05) is 0 Å². The molecule has 0 radical (unpaired) electrons. The van der Waals surface area contributed by atoms with Crippen LogP contribution in [0.15, 0.2) is 4.79 Å². The predicted molar refractivity (Wildman–Crippen MR) is 90.5 cm³/mol. The Morgan fingerprint density at radius 3 is 2.92 bits per heavy atom. The normalized spacial score (nSPS) is 14.5. The van der Waals surface area contributed by atoms with Gasteiger partial charge in [0.05, 0.1) is 5.39 Å². The maximum Gasteiger partial charge on any atom is 0.349 e. The zero-order chi connectivity index (χ0) is 17.4. The number of hydrogen-bond donors (Lipinski definition) is 1. The van der Waals surface area contributed by atoms with E-state index in [2.05, 4.69) is 10.3 Å². The average Bonchev–Trinajstić information content (AvgIpc) is 3.12. The number of nitrogens with one attached hydrogen (secondary N) is 1. The van der Waals surface area contributed by atoms with Gasteiger partial charge in [0.25, 0.3) is 11.5 Å². The molecule has 2 aromatic rings. The Hall–Kier alpha value is -2.22. The molecule has 0 saturated carbocycles. The van der Waals surface area contributed by atoms with Gasteiger partial charge in [-0.05, 0) is 32.8 Å². The molecule has 8 heteroatoms. The molecular formula is C16H19N3O4S. The summed E-state index contributed by atoms with van der Waals surface area (Å²) in [7, 11) is 0. The first-order chi connectivity index (χ1) is 11.4. The van der Waals surface area contributed by atoms with Gasteiger partial charge in [-0.15, -0.1) is 11.3 Å². The lowest BCUT2D eigenvalue weighted by molar-refractivity contribution is -0.128. The topological polar surface area (TPSA) is 90.3 Å². The number of nitrogens with zero attached hydrogens (tertiary/aromatic N) is 2. The van der Waals surface area contributed by atoms with Gasteiger partial charge in [0, 0.05) is 19.5 Å². The second kappa shape index (κ2) is 6.35. The van der Waals surface area contributed by atoms with Gasteiger partial charge in [-0.25, -0.2) is 9.78 Å². The van der Waals surface area contributed by atoms with Crippen LogP contribution in [0, 0.1) is 6.92 Å². The van der Waals surface area contributed by atoms with Gasteiger partial charge in [-0.2, -0.15) is 0 Å². The SMILES string of the molecule is CCNC(=O)[C@@H](C)OC(=O)c1sc2nc3n(c(=O)c2c1C)CCC3. The molecule has 3 heterocycles. The lowest BCUT2D eigenvalue weighted by atomic mass is 10.2. The predicted octanol–water partition coefficient (Wildman–Crippen LogP) is 1.39. The number of thiophene rings is 1. The van der Waals surface area contributed by atoms with Gasteiger partial charge in [0.2, 0.25) is 0 Å². The molecule has 0 saturated heterocycles. The summed E-state index contributed by atoms with van der Waals surface area (Å²) >= 11 is 1.15. The molecule has 0 unspecified atom stereocenters. The summed E-state index contributed by atoms with van der Waals surface area (Å²) in [4.78, 5) is 42.1. The Kier molecular flexibility index (Phi) is 4.40. The van der Waals surface area contributed by atoms with Gasteiger partial charge in [0.15, 0.2) is 6.10 Å². The second-order valence-electron chi connectivity index (χ2n) is 5.77. The van der Waals surface area contributed by atoms with E-state index in [0.29, 0.717) is 33.7 Å². The molecule has 1 aliphatic heterocycles. The van der Waals surface area contributed by atoms with Gasteiger partial charge in [-0.1, -0.05) is 0 Å². The van der Waals surface area contributed by atoms with Crippen molar-refractivity contribution in [2.75, 3.05) is 6.54 Å². The second-order valence-corrected chi connectivity index (χ2v) is 6.77. The Bertz CT molecular complexity index is 884. The number of carbonyl (C=O) groups is 2. The maximum atomic E-state index is 12.6. The van der Waals surface area contributed by atoms with E-state index in [9.17, 15) is 14.4 Å². The summed E-state index contributed by atoms with van der Waals surface area (Å²) < 4.78 is 6.90. The molecule has 0 fully saturated rings. The fourth-order valence-electron chi connectivity index (χ4n) is 2.86. The number of carbonyl (C=O) groups excluding carboxylic acids is 2. The number of hydrogen-bond acceptors (Lipinski definition) is 6. The quantitative estimate of drug-likeness (QED) is 0.843. The van der Waals surface area contributed by atoms with E-state index < -0.39 is 12.1 Å². The first kappa shape index (κ1) is 16.6. The third kappa shape index (κ3) is 2.71. The fraction of sp³-hybridized carbons (Fsp3) is 0.500. The number of aromatic nitrogens is 2. The number of ether oxygens (including phenoxy) is 1. The van der Waals surface area contributed by atoms with Crippen LogP contribution in [0.3, 0.4) is 0 Å². The van der Waals surface area contributed by atoms with E-state index in [-0.39, 0.29) is 11.5 Å². The van der Waals surface area contributed by atoms with Crippen molar-refractivity contribution in [1.29, 1.82) is 0 Å². The standard InChI is InChI=1S/C16H19N3O4S/c1-4-17-13(20)9(3)23-16(22)12-8(2)11-14(24-12)18-10-6-5-7-19(10)15(11)21/h9H,4-7H2,1-3H3,(H,17,20)/t9-/m1/s1. The molecule has 0 aliphatic carbocycles. The summed E-state index contributed by atoms with van der Waals surface area (Å²) in [5, 5.41) is 3.08. The van der Waals surface area contributed by atoms with Gasteiger partial charge >= 0.3 is 5.97 Å². The molecule has 1 N–H and O–H groups in total. The van der Waals surface area contributed by atoms with Gasteiger partial charge in [-0.3, -0.25) is 14.2 Å². The van der Waals surface area contributed by atoms with Gasteiger partial charge in [0.1, 0.15) is 15.5 Å². The third-order valence-corrected chi connectivity index (χ3v) is 5.27. The molecule has 3 rings (SSSR count). The zero-order valence-electron chi connectivity index (χ0n) is 13.8. The Morgan fingerprint density at radius 1 is 1.46 bits per heavy atom. The van der Waals surface area contributed by atoms with Crippen molar-refractivity contribution in [3.05, 3.63) is 26.6 Å². The van der Waals surface area contributed by atoms with E-state index in [1.165, 1.54) is 6.92 Å². The highest BCUT2D eigenvalue weighted by Gasteiger charge is 2.26. The van der Waals surface area contributed by atoms with Crippen molar-refractivity contribution in [3.8, 4) is 0 Å². The molecule has 0 aromatic carbocycles. The smallest absolute Gasteiger partial charge is 0.349 e. The van der Waals surface area contributed by atoms with Gasteiger partial charge < -0.3 is 10.1 Å². The summed E-state index contributed by atoms with van der Waals surface area (Å²) in [6.07, 6.45) is 0.800. The van der Waals surface area contributed by atoms with Crippen molar-refractivity contribution >= 4 is 33.4 Å². The molecule has 7 nitrogen and oxygen atoms in total. The zero-order valence-corrected chi connectivity index (χ0v) is 14.7. The lowest BCUT2D eigenvalue weighted by Gasteiger charge is -2.12. The van der Waals surface area contributed by atoms with E-state index in [0.717, 1.165) is 30.0 Å². The van der Waals surface area contributed by atoms with Crippen LogP contribution in [0.4, 0.5) is 0 Å². The van der Waals surface area contributed by atoms with Crippen molar-refractivity contribution in [2.24, 2.45) is 0 Å². The highest BCUT2D eigenvalue weighted by atomic mass is 32.1. The third-order valence-electron chi connectivity index (χ3n) is 4.10. The van der Waals surface area contributed by atoms with E-state index in [4.69, 9.17) is 4.74 Å². The van der Waals surface area contributed by atoms with Crippen molar-refractivity contribution in [1.82, 2.24) is 14.9 Å². The number of rotatable bonds is 4. The molecule has 1 atom stereocenters. The first-order valence-electron chi connectivity index (χ1n) is 7.95. The molecule has 2 aromatic heterocycles. The Morgan fingerprint density at radius 2 is 2.21 bits per heavy atom. The van der Waals surface area contributed by atoms with Crippen LogP contribution in [0.5, 0.6) is 0 Å². The number of esters is 1. The molecule has 0 bridgehead atoms. The Labute approximate surface area is 142 Å². The van der Waals surface area contributed by atoms with Crippen molar-refractivity contribution < 1.29 is 14.3 Å². The highest BCUT2D eigenvalue weighted by Crippen LogP contribution is 2.29. The largest absolute Gasteiger partial charge is 0.448 e. The minimum absolute atomic E-state index is 0.0999. The highest BCUT2D eigenvalue weighted by molar-refractivity contribution is 7.20. The number of amides is 1. The molecule has 1 aliphatic rings. The maximum absolute atomic E-state index is 12.6. The van der Waals surface area contributed by atoms with Crippen LogP contribution in [-0.4, -0.2) is 34.1 Å². The minimum atomic E-state index is -0.888. The van der Waals surface area contributed by atoms with E-state index in [1.54, 1.807) is 18.4 Å². The first-order valence-corrected chi connectivity index (χ1v) is 8.77. The van der Waals surface area contributed by atoms with Crippen LogP contribution in [0.1, 0.15) is 41.3 Å². The van der Waals surface area contributed by atoms with E-state index >= 15 is 0 Å². The van der Waals surface area contributed by atoms with Crippen LogP contribution in [-0.2, 0) is 22.5 Å². The molecular weight excluding hydrogens is 330 g/mol. The van der Waals surface area contributed by atoms with Crippen LogP contribution < -0.4 is 10.9 Å². The van der Waals surface area contributed by atoms with Crippen molar-refractivity contribution in [3.63, 3.8) is 0 Å². The summed E-state index contributed by atoms with van der Waals surface area (Å²) in [6, 6.07) is 0.